The fourth-order valence-electron chi connectivity index (χ4n) is 3.95. The second-order valence-electron chi connectivity index (χ2n) is 8.09. The van der Waals surface area contributed by atoms with Crippen molar-refractivity contribution >= 4 is 15.9 Å². The highest BCUT2D eigenvalue weighted by Gasteiger charge is 2.31. The summed E-state index contributed by atoms with van der Waals surface area (Å²) >= 11 is 0. The molecule has 1 fully saturated rings. The van der Waals surface area contributed by atoms with E-state index in [1.165, 1.54) is 4.31 Å². The number of benzene rings is 3. The van der Waals surface area contributed by atoms with Crippen LogP contribution in [0.5, 0.6) is 5.75 Å². The summed E-state index contributed by atoms with van der Waals surface area (Å²) in [6.45, 7) is 1.50. The molecule has 0 unspecified atom stereocenters. The molecule has 0 atom stereocenters. The maximum atomic E-state index is 12.8. The molecule has 3 aromatic rings. The van der Waals surface area contributed by atoms with Gasteiger partial charge >= 0.3 is 0 Å². The van der Waals surface area contributed by atoms with Gasteiger partial charge in [-0.05, 0) is 36.6 Å². The molecule has 33 heavy (non-hydrogen) atoms. The van der Waals surface area contributed by atoms with E-state index in [1.807, 2.05) is 54.6 Å². The van der Waals surface area contributed by atoms with Gasteiger partial charge < -0.3 is 10.1 Å². The number of carbonyl (C=O) groups is 1. The zero-order valence-corrected chi connectivity index (χ0v) is 19.2. The number of rotatable bonds is 8. The first-order chi connectivity index (χ1) is 16.0. The Labute approximate surface area is 195 Å². The quantitative estimate of drug-likeness (QED) is 0.547. The second kappa shape index (κ2) is 10.6. The Morgan fingerprint density at radius 2 is 1.48 bits per heavy atom. The minimum atomic E-state index is -3.52. The van der Waals surface area contributed by atoms with Gasteiger partial charge in [-0.3, -0.25) is 4.79 Å². The van der Waals surface area contributed by atoms with Gasteiger partial charge in [-0.15, -0.1) is 0 Å². The van der Waals surface area contributed by atoms with E-state index < -0.39 is 10.0 Å². The number of piperidine rings is 1. The lowest BCUT2D eigenvalue weighted by Gasteiger charge is -2.30. The number of ether oxygens (including phenoxy) is 1. The molecule has 0 saturated carbocycles. The predicted octanol–water partition coefficient (Wildman–Crippen LogP) is 3.98. The number of hydrogen-bond donors (Lipinski definition) is 1. The van der Waals surface area contributed by atoms with Crippen LogP contribution >= 0.6 is 0 Å². The summed E-state index contributed by atoms with van der Waals surface area (Å²) in [6, 6.07) is 26.0. The van der Waals surface area contributed by atoms with Crippen molar-refractivity contribution in [1.82, 2.24) is 9.62 Å². The number of nitrogens with zero attached hydrogens (tertiary/aromatic N) is 1. The summed E-state index contributed by atoms with van der Waals surface area (Å²) < 4.78 is 33.0. The Bertz CT molecular complexity index is 1160. The fourth-order valence-corrected chi connectivity index (χ4v) is 5.44. The molecule has 1 amide bonds. The summed E-state index contributed by atoms with van der Waals surface area (Å²) in [4.78, 5) is 13.1. The molecule has 0 aromatic heterocycles. The average Bonchev–Trinajstić information content (AvgIpc) is 2.87. The van der Waals surface area contributed by atoms with Crippen molar-refractivity contribution in [2.24, 2.45) is 5.92 Å². The molecule has 6 nitrogen and oxygen atoms in total. The second-order valence-corrected chi connectivity index (χ2v) is 10.0. The minimum Gasteiger partial charge on any atom is -0.489 e. The van der Waals surface area contributed by atoms with Gasteiger partial charge in [0.15, 0.2) is 0 Å². The van der Waals surface area contributed by atoms with Gasteiger partial charge in [-0.1, -0.05) is 66.7 Å². The number of nitrogens with one attached hydrogen (secondary N) is 1. The van der Waals surface area contributed by atoms with E-state index in [9.17, 15) is 13.2 Å². The van der Waals surface area contributed by atoms with Crippen LogP contribution in [0.25, 0.3) is 0 Å². The molecule has 0 radical (unpaired) electrons. The van der Waals surface area contributed by atoms with Crippen LogP contribution in [0.3, 0.4) is 0 Å². The fraction of sp³-hybridized carbons (Fsp3) is 0.269. The van der Waals surface area contributed by atoms with Gasteiger partial charge in [-0.2, -0.15) is 4.31 Å². The van der Waals surface area contributed by atoms with Crippen molar-refractivity contribution in [2.75, 3.05) is 13.1 Å². The number of carbonyl (C=O) groups excluding carboxylic acids is 1. The average molecular weight is 465 g/mol. The highest BCUT2D eigenvalue weighted by atomic mass is 32.2. The predicted molar refractivity (Wildman–Crippen MR) is 127 cm³/mol. The summed E-state index contributed by atoms with van der Waals surface area (Å²) in [5, 5.41) is 3.01. The third kappa shape index (κ3) is 5.80. The normalized spacial score (nSPS) is 15.2. The van der Waals surface area contributed by atoms with E-state index in [4.69, 9.17) is 4.74 Å². The number of sulfonamides is 1. The lowest BCUT2D eigenvalue weighted by atomic mass is 9.97. The minimum absolute atomic E-state index is 0.0513. The molecule has 7 heteroatoms. The molecular formula is C26H28N2O4S. The molecule has 1 aliphatic heterocycles. The van der Waals surface area contributed by atoms with Crippen LogP contribution in [0.1, 0.15) is 24.0 Å². The lowest BCUT2D eigenvalue weighted by molar-refractivity contribution is -0.126. The molecule has 0 bridgehead atoms. The van der Waals surface area contributed by atoms with Crippen LogP contribution in [0.15, 0.2) is 89.8 Å². The number of para-hydroxylation sites is 1. The highest BCUT2D eigenvalue weighted by Crippen LogP contribution is 2.24. The topological polar surface area (TPSA) is 75.7 Å². The van der Waals surface area contributed by atoms with Crippen LogP contribution in [-0.2, 0) is 28.0 Å². The molecule has 1 N–H and O–H groups in total. The molecule has 1 aliphatic rings. The summed E-state index contributed by atoms with van der Waals surface area (Å²) in [7, 11) is -3.52. The van der Waals surface area contributed by atoms with Crippen LogP contribution in [-0.4, -0.2) is 31.7 Å². The van der Waals surface area contributed by atoms with E-state index in [-0.39, 0.29) is 11.8 Å². The third-order valence-electron chi connectivity index (χ3n) is 5.87. The van der Waals surface area contributed by atoms with E-state index in [1.54, 1.807) is 30.3 Å². The zero-order chi connectivity index (χ0) is 23.1. The van der Waals surface area contributed by atoms with Gasteiger partial charge in [0, 0.05) is 31.1 Å². The van der Waals surface area contributed by atoms with Crippen molar-refractivity contribution in [3.05, 3.63) is 96.1 Å². The molecule has 3 aromatic carbocycles. The lowest BCUT2D eigenvalue weighted by Crippen LogP contribution is -2.42. The Kier molecular flexibility index (Phi) is 7.42. The Morgan fingerprint density at radius 1 is 0.879 bits per heavy atom. The van der Waals surface area contributed by atoms with Gasteiger partial charge in [0.2, 0.25) is 15.9 Å². The van der Waals surface area contributed by atoms with Crippen molar-refractivity contribution < 1.29 is 17.9 Å². The van der Waals surface area contributed by atoms with Gasteiger partial charge in [-0.25, -0.2) is 8.42 Å². The van der Waals surface area contributed by atoms with Crippen LogP contribution in [0.4, 0.5) is 0 Å². The standard InChI is InChI=1S/C26H28N2O4S/c29-26(22-15-17-28(18-16-22)33(30,31)24-12-5-2-6-13-24)27-19-23-11-7-8-14-25(23)32-20-21-9-3-1-4-10-21/h1-14,22H,15-20H2,(H,27,29). The molecule has 0 aliphatic carbocycles. The van der Waals surface area contributed by atoms with Crippen LogP contribution < -0.4 is 10.1 Å². The largest absolute Gasteiger partial charge is 0.489 e. The van der Waals surface area contributed by atoms with Gasteiger partial charge in [0.1, 0.15) is 12.4 Å². The molecular weight excluding hydrogens is 436 g/mol. The number of hydrogen-bond acceptors (Lipinski definition) is 4. The van der Waals surface area contributed by atoms with E-state index in [2.05, 4.69) is 5.32 Å². The van der Waals surface area contributed by atoms with E-state index >= 15 is 0 Å². The summed E-state index contributed by atoms with van der Waals surface area (Å²) in [5.74, 6) is 0.486. The molecule has 1 saturated heterocycles. The first-order valence-electron chi connectivity index (χ1n) is 11.1. The zero-order valence-electron chi connectivity index (χ0n) is 18.4. The Balaban J connectivity index is 1.30. The smallest absolute Gasteiger partial charge is 0.243 e. The van der Waals surface area contributed by atoms with Crippen LogP contribution in [0.2, 0.25) is 0 Å². The van der Waals surface area contributed by atoms with Crippen molar-refractivity contribution in [2.45, 2.75) is 30.9 Å². The van der Waals surface area contributed by atoms with Crippen molar-refractivity contribution in [3.63, 3.8) is 0 Å². The van der Waals surface area contributed by atoms with Gasteiger partial charge in [0.05, 0.1) is 4.90 Å². The van der Waals surface area contributed by atoms with E-state index in [0.29, 0.717) is 44.0 Å². The molecule has 0 spiro atoms. The first kappa shape index (κ1) is 23.0. The Hall–Kier alpha value is -3.16. The summed E-state index contributed by atoms with van der Waals surface area (Å²) in [5.41, 5.74) is 1.99. The van der Waals surface area contributed by atoms with E-state index in [0.717, 1.165) is 16.9 Å². The van der Waals surface area contributed by atoms with Crippen LogP contribution in [0, 0.1) is 5.92 Å². The number of amides is 1. The van der Waals surface area contributed by atoms with Crippen molar-refractivity contribution in [1.29, 1.82) is 0 Å². The summed E-state index contributed by atoms with van der Waals surface area (Å²) in [6.07, 6.45) is 1.01. The molecule has 172 valence electrons. The first-order valence-corrected chi connectivity index (χ1v) is 12.6. The van der Waals surface area contributed by atoms with Gasteiger partial charge in [0.25, 0.3) is 0 Å². The maximum Gasteiger partial charge on any atom is 0.243 e. The Morgan fingerprint density at radius 3 is 2.18 bits per heavy atom. The van der Waals surface area contributed by atoms with Crippen molar-refractivity contribution in [3.8, 4) is 5.75 Å². The maximum absolute atomic E-state index is 12.8. The molecule has 4 rings (SSSR count). The monoisotopic (exact) mass is 464 g/mol. The highest BCUT2D eigenvalue weighted by molar-refractivity contribution is 7.89. The third-order valence-corrected chi connectivity index (χ3v) is 7.78. The molecule has 1 heterocycles. The SMILES string of the molecule is O=C(NCc1ccccc1OCc1ccccc1)C1CCN(S(=O)(=O)c2ccccc2)CC1.